The number of aryl methyl sites for hydroxylation is 2. The summed E-state index contributed by atoms with van der Waals surface area (Å²) in [6.45, 7) is 5.32. The summed E-state index contributed by atoms with van der Waals surface area (Å²) in [5.74, 6) is 1.09. The second-order valence-corrected chi connectivity index (χ2v) is 4.12. The number of unbranched alkanes of at least 4 members (excludes halogenated alkanes) is 1. The molecule has 0 amide bonds. The van der Waals surface area contributed by atoms with Crippen LogP contribution >= 0.6 is 0 Å². The molecule has 2 rings (SSSR count). The Balaban J connectivity index is 2.33. The summed E-state index contributed by atoms with van der Waals surface area (Å²) >= 11 is 0. The van der Waals surface area contributed by atoms with Gasteiger partial charge in [-0.05, 0) is 13.3 Å². The molecule has 1 heterocycles. The van der Waals surface area contributed by atoms with Gasteiger partial charge in [-0.3, -0.25) is 0 Å². The zero-order chi connectivity index (χ0) is 11.4. The van der Waals surface area contributed by atoms with Crippen molar-refractivity contribution in [1.29, 1.82) is 0 Å². The fourth-order valence-electron chi connectivity index (χ4n) is 1.86. The van der Waals surface area contributed by atoms with Crippen molar-refractivity contribution < 1.29 is 0 Å². The molecule has 2 aromatic rings. The number of hydrogen-bond acceptors (Lipinski definition) is 1. The zero-order valence-electron chi connectivity index (χ0n) is 9.98. The lowest BCUT2D eigenvalue weighted by atomic mass is 10.2. The van der Waals surface area contributed by atoms with Crippen LogP contribution in [0.3, 0.4) is 0 Å². The highest BCUT2D eigenvalue weighted by Crippen LogP contribution is 2.18. The number of hydrogen-bond donors (Lipinski definition) is 0. The summed E-state index contributed by atoms with van der Waals surface area (Å²) in [6.07, 6.45) is 4.55. The van der Waals surface area contributed by atoms with Gasteiger partial charge in [-0.25, -0.2) is 4.98 Å². The highest BCUT2D eigenvalue weighted by atomic mass is 15.1. The molecule has 84 valence electrons. The van der Waals surface area contributed by atoms with Crippen molar-refractivity contribution in [3.05, 3.63) is 42.2 Å². The fourth-order valence-corrected chi connectivity index (χ4v) is 1.86. The summed E-state index contributed by atoms with van der Waals surface area (Å²) in [4.78, 5) is 4.60. The molecule has 0 spiro atoms. The third-order valence-corrected chi connectivity index (χ3v) is 2.68. The van der Waals surface area contributed by atoms with Crippen molar-refractivity contribution in [3.63, 3.8) is 0 Å². The van der Waals surface area contributed by atoms with E-state index in [4.69, 9.17) is 0 Å². The van der Waals surface area contributed by atoms with Crippen molar-refractivity contribution in [2.45, 2.75) is 33.2 Å². The molecule has 0 N–H and O–H groups in total. The minimum atomic E-state index is 1.06. The molecular weight excluding hydrogens is 196 g/mol. The Morgan fingerprint density at radius 2 is 1.94 bits per heavy atom. The van der Waals surface area contributed by atoms with E-state index in [1.807, 2.05) is 6.07 Å². The molecule has 0 atom stereocenters. The van der Waals surface area contributed by atoms with Crippen LogP contribution in [0.15, 0.2) is 36.5 Å². The molecule has 0 aliphatic rings. The highest BCUT2D eigenvalue weighted by Gasteiger charge is 2.06. The third-order valence-electron chi connectivity index (χ3n) is 2.68. The lowest BCUT2D eigenvalue weighted by Crippen LogP contribution is -1.98. The van der Waals surface area contributed by atoms with Crippen molar-refractivity contribution in [1.82, 2.24) is 9.55 Å². The van der Waals surface area contributed by atoms with E-state index in [9.17, 15) is 0 Å². The van der Waals surface area contributed by atoms with Gasteiger partial charge >= 0.3 is 0 Å². The summed E-state index contributed by atoms with van der Waals surface area (Å²) in [6, 6.07) is 10.4. The van der Waals surface area contributed by atoms with Crippen LogP contribution in [0.2, 0.25) is 0 Å². The van der Waals surface area contributed by atoms with E-state index < -0.39 is 0 Å². The van der Waals surface area contributed by atoms with Crippen molar-refractivity contribution in [2.24, 2.45) is 0 Å². The van der Waals surface area contributed by atoms with E-state index in [0.29, 0.717) is 0 Å². The van der Waals surface area contributed by atoms with Crippen LogP contribution in [0, 0.1) is 6.92 Å². The topological polar surface area (TPSA) is 17.8 Å². The summed E-state index contributed by atoms with van der Waals surface area (Å²) < 4.78 is 2.26. The predicted molar refractivity (Wildman–Crippen MR) is 67.3 cm³/mol. The maximum Gasteiger partial charge on any atom is 0.140 e. The average molecular weight is 214 g/mol. The molecule has 0 aliphatic heterocycles. The Kier molecular flexibility index (Phi) is 3.40. The first-order chi connectivity index (χ1) is 7.81. The van der Waals surface area contributed by atoms with Crippen molar-refractivity contribution in [2.75, 3.05) is 0 Å². The molecule has 1 aromatic heterocycles. The molecule has 16 heavy (non-hydrogen) atoms. The fraction of sp³-hybridized carbons (Fsp3) is 0.357. The molecule has 0 aliphatic carbocycles. The van der Waals surface area contributed by atoms with Gasteiger partial charge in [-0.15, -0.1) is 0 Å². The lowest BCUT2D eigenvalue weighted by molar-refractivity contribution is 0.636. The van der Waals surface area contributed by atoms with Crippen LogP contribution in [0.25, 0.3) is 11.4 Å². The first kappa shape index (κ1) is 10.9. The van der Waals surface area contributed by atoms with Gasteiger partial charge in [0.15, 0.2) is 0 Å². The highest BCUT2D eigenvalue weighted by molar-refractivity contribution is 5.55. The minimum Gasteiger partial charge on any atom is -0.331 e. The first-order valence-corrected chi connectivity index (χ1v) is 5.90. The Morgan fingerprint density at radius 1 is 1.19 bits per heavy atom. The molecule has 2 heteroatoms. The van der Waals surface area contributed by atoms with Gasteiger partial charge < -0.3 is 4.57 Å². The summed E-state index contributed by atoms with van der Waals surface area (Å²) in [5.41, 5.74) is 2.29. The van der Waals surface area contributed by atoms with Gasteiger partial charge in [-0.1, -0.05) is 43.7 Å². The normalized spacial score (nSPS) is 10.6. The molecule has 0 radical (unpaired) electrons. The van der Waals surface area contributed by atoms with E-state index in [1.165, 1.54) is 18.4 Å². The van der Waals surface area contributed by atoms with E-state index in [-0.39, 0.29) is 0 Å². The lowest BCUT2D eigenvalue weighted by Gasteiger charge is -2.06. The van der Waals surface area contributed by atoms with Crippen molar-refractivity contribution in [3.8, 4) is 11.4 Å². The monoisotopic (exact) mass is 214 g/mol. The smallest absolute Gasteiger partial charge is 0.140 e. The molecular formula is C14H18N2. The largest absolute Gasteiger partial charge is 0.331 e. The predicted octanol–water partition coefficient (Wildman–Crippen LogP) is 3.66. The quantitative estimate of drug-likeness (QED) is 0.759. The van der Waals surface area contributed by atoms with Crippen LogP contribution in [-0.2, 0) is 6.54 Å². The Morgan fingerprint density at radius 3 is 2.62 bits per heavy atom. The number of rotatable bonds is 4. The zero-order valence-corrected chi connectivity index (χ0v) is 9.98. The first-order valence-electron chi connectivity index (χ1n) is 5.90. The van der Waals surface area contributed by atoms with Crippen molar-refractivity contribution >= 4 is 0 Å². The average Bonchev–Trinajstić information content (AvgIpc) is 2.69. The number of imidazole rings is 1. The van der Waals surface area contributed by atoms with E-state index in [0.717, 1.165) is 18.1 Å². The maximum atomic E-state index is 4.60. The van der Waals surface area contributed by atoms with Crippen LogP contribution in [0.5, 0.6) is 0 Å². The SMILES string of the molecule is CCCCn1cc(C)nc1-c1ccccc1. The van der Waals surface area contributed by atoms with Gasteiger partial charge in [0.2, 0.25) is 0 Å². The van der Waals surface area contributed by atoms with Gasteiger partial charge in [0.05, 0.1) is 5.69 Å². The number of benzene rings is 1. The van der Waals surface area contributed by atoms with Crippen LogP contribution in [-0.4, -0.2) is 9.55 Å². The summed E-state index contributed by atoms with van der Waals surface area (Å²) in [7, 11) is 0. The molecule has 0 fully saturated rings. The summed E-state index contributed by atoms with van der Waals surface area (Å²) in [5, 5.41) is 0. The Bertz CT molecular complexity index is 443. The van der Waals surface area contributed by atoms with Gasteiger partial charge in [-0.2, -0.15) is 0 Å². The number of nitrogens with zero attached hydrogens (tertiary/aromatic N) is 2. The second-order valence-electron chi connectivity index (χ2n) is 4.12. The molecule has 0 bridgehead atoms. The standard InChI is InChI=1S/C14H18N2/c1-3-4-10-16-11-12(2)15-14(16)13-8-6-5-7-9-13/h5-9,11H,3-4,10H2,1-2H3. The third kappa shape index (κ3) is 2.32. The van der Waals surface area contributed by atoms with Gasteiger partial charge in [0.25, 0.3) is 0 Å². The molecule has 0 saturated heterocycles. The van der Waals surface area contributed by atoms with Gasteiger partial charge in [0.1, 0.15) is 5.82 Å². The Labute approximate surface area is 97.0 Å². The molecule has 2 nitrogen and oxygen atoms in total. The molecule has 0 unspecified atom stereocenters. The minimum absolute atomic E-state index is 1.06. The van der Waals surface area contributed by atoms with E-state index in [1.54, 1.807) is 0 Å². The van der Waals surface area contributed by atoms with Gasteiger partial charge in [0, 0.05) is 18.3 Å². The van der Waals surface area contributed by atoms with E-state index >= 15 is 0 Å². The molecule has 1 aromatic carbocycles. The van der Waals surface area contributed by atoms with Crippen LogP contribution in [0.4, 0.5) is 0 Å². The maximum absolute atomic E-state index is 4.60. The van der Waals surface area contributed by atoms with Crippen LogP contribution < -0.4 is 0 Å². The Hall–Kier alpha value is -1.57. The van der Waals surface area contributed by atoms with Crippen LogP contribution in [0.1, 0.15) is 25.5 Å². The number of aromatic nitrogens is 2. The second kappa shape index (κ2) is 4.97. The molecule has 0 saturated carbocycles. The van der Waals surface area contributed by atoms with E-state index in [2.05, 4.69) is 53.9 Å².